The Morgan fingerprint density at radius 2 is 0.544 bits per heavy atom. The molecule has 0 heterocycles. The highest BCUT2D eigenvalue weighted by molar-refractivity contribution is 5.72. The molecule has 0 aliphatic rings. The van der Waals surface area contributed by atoms with Crippen LogP contribution in [0.5, 0.6) is 0 Å². The van der Waals surface area contributed by atoms with Crippen LogP contribution in [0.2, 0.25) is 0 Å². The van der Waals surface area contributed by atoms with Crippen molar-refractivity contribution in [2.45, 2.75) is 348 Å². The van der Waals surface area contributed by atoms with Crippen LogP contribution in [-0.4, -0.2) is 37.2 Å². The van der Waals surface area contributed by atoms with Gasteiger partial charge in [0.15, 0.2) is 6.10 Å². The van der Waals surface area contributed by atoms with Crippen molar-refractivity contribution in [1.82, 2.24) is 0 Å². The van der Waals surface area contributed by atoms with Gasteiger partial charge in [-0.15, -0.1) is 0 Å². The molecule has 0 bridgehead atoms. The van der Waals surface area contributed by atoms with Crippen LogP contribution in [0.15, 0.2) is 85.1 Å². The molecule has 6 nitrogen and oxygen atoms in total. The highest BCUT2D eigenvalue weighted by atomic mass is 16.6. The lowest BCUT2D eigenvalue weighted by molar-refractivity contribution is -0.166. The minimum atomic E-state index is -0.819. The van der Waals surface area contributed by atoms with Crippen molar-refractivity contribution in [3.05, 3.63) is 85.1 Å². The third-order valence-electron chi connectivity index (χ3n) is 14.9. The van der Waals surface area contributed by atoms with Crippen molar-refractivity contribution in [1.29, 1.82) is 0 Å². The van der Waals surface area contributed by atoms with Crippen molar-refractivity contribution in [3.63, 3.8) is 0 Å². The van der Waals surface area contributed by atoms with Gasteiger partial charge in [-0.3, -0.25) is 14.4 Å². The number of carbonyl (C=O) groups excluding carboxylic acids is 3. The van der Waals surface area contributed by atoms with Crippen molar-refractivity contribution >= 4 is 17.9 Å². The minimum Gasteiger partial charge on any atom is -0.462 e. The van der Waals surface area contributed by atoms with Crippen molar-refractivity contribution in [2.24, 2.45) is 0 Å². The number of ether oxygens (including phenoxy) is 3. The second-order valence-corrected chi connectivity index (χ2v) is 22.7. The lowest BCUT2D eigenvalue weighted by Crippen LogP contribution is -2.30. The first-order valence-electron chi connectivity index (χ1n) is 34.1. The summed E-state index contributed by atoms with van der Waals surface area (Å²) in [6.07, 6.45) is 89.3. The Morgan fingerprint density at radius 3 is 0.911 bits per heavy atom. The summed E-state index contributed by atoms with van der Waals surface area (Å²) in [6, 6.07) is 0. The number of carbonyl (C=O) groups is 3. The van der Waals surface area contributed by atoms with E-state index >= 15 is 0 Å². The van der Waals surface area contributed by atoms with Crippen LogP contribution in [0.25, 0.3) is 0 Å². The number of hydrogen-bond acceptors (Lipinski definition) is 6. The molecule has 0 aromatic carbocycles. The molecule has 1 atom stereocenters. The van der Waals surface area contributed by atoms with Crippen LogP contribution >= 0.6 is 0 Å². The van der Waals surface area contributed by atoms with Crippen LogP contribution in [0.3, 0.4) is 0 Å². The second-order valence-electron chi connectivity index (χ2n) is 22.7. The van der Waals surface area contributed by atoms with Gasteiger partial charge in [-0.2, -0.15) is 0 Å². The first kappa shape index (κ1) is 75.6. The van der Waals surface area contributed by atoms with Gasteiger partial charge in [0.25, 0.3) is 0 Å². The zero-order chi connectivity index (χ0) is 57.1. The molecule has 0 aliphatic heterocycles. The lowest BCUT2D eigenvalue weighted by atomic mass is 10.0. The van der Waals surface area contributed by atoms with Gasteiger partial charge in [0.05, 0.1) is 6.42 Å². The summed E-state index contributed by atoms with van der Waals surface area (Å²) >= 11 is 0. The Bertz CT molecular complexity index is 1500. The van der Waals surface area contributed by atoms with E-state index in [1.54, 1.807) is 6.08 Å². The van der Waals surface area contributed by atoms with Crippen molar-refractivity contribution < 1.29 is 28.6 Å². The zero-order valence-electron chi connectivity index (χ0n) is 52.4. The lowest BCUT2D eigenvalue weighted by Gasteiger charge is -2.18. The Labute approximate surface area is 490 Å². The van der Waals surface area contributed by atoms with Crippen LogP contribution in [0.1, 0.15) is 342 Å². The predicted octanol–water partition coefficient (Wildman–Crippen LogP) is 23.4. The highest BCUT2D eigenvalue weighted by Gasteiger charge is 2.19. The van der Waals surface area contributed by atoms with Gasteiger partial charge in [0.2, 0.25) is 0 Å². The van der Waals surface area contributed by atoms with Gasteiger partial charge in [0.1, 0.15) is 13.2 Å². The Morgan fingerprint density at radius 1 is 0.278 bits per heavy atom. The van der Waals surface area contributed by atoms with E-state index in [1.165, 1.54) is 225 Å². The number of esters is 3. The molecule has 0 spiro atoms. The Kier molecular flexibility index (Phi) is 64.2. The normalized spacial score (nSPS) is 12.6. The number of allylic oxidation sites excluding steroid dienone is 13. The highest BCUT2D eigenvalue weighted by Crippen LogP contribution is 2.18. The maximum absolute atomic E-state index is 12.9. The third-order valence-corrected chi connectivity index (χ3v) is 14.9. The standard InChI is InChI=1S/C73H128O6/c1-4-7-10-13-16-19-22-25-28-30-32-33-34-35-36-37-38-39-41-42-45-48-51-54-57-60-63-66-72(75)78-69-70(68-77-71(74)65-62-59-56-53-50-47-44-27-24-21-18-15-12-9-6-3)79-73(76)67-64-61-58-55-52-49-46-43-40-31-29-26-23-20-17-14-11-8-5-2/h9,12,17-18,20-21,26-27,29,44,50,53,59,62,70H,4-8,10-11,13-16,19,22-25,28,30-43,45-49,51-52,54-58,60-61,63-69H2,1-3H3/b12-9-,20-17-,21-18-,29-26-,44-27-,53-50-,62-59-. The average Bonchev–Trinajstić information content (AvgIpc) is 3.45. The topological polar surface area (TPSA) is 78.9 Å². The summed E-state index contributed by atoms with van der Waals surface area (Å²) in [5.41, 5.74) is 0. The third kappa shape index (κ3) is 65.3. The van der Waals surface area contributed by atoms with Crippen LogP contribution in [-0.2, 0) is 28.6 Å². The van der Waals surface area contributed by atoms with E-state index in [2.05, 4.69) is 93.7 Å². The van der Waals surface area contributed by atoms with E-state index in [1.807, 2.05) is 6.08 Å². The summed E-state index contributed by atoms with van der Waals surface area (Å²) in [5.74, 6) is -1.03. The van der Waals surface area contributed by atoms with Gasteiger partial charge in [-0.25, -0.2) is 0 Å². The van der Waals surface area contributed by atoms with Gasteiger partial charge in [0, 0.05) is 12.8 Å². The summed E-state index contributed by atoms with van der Waals surface area (Å²) in [7, 11) is 0. The molecule has 456 valence electrons. The van der Waals surface area contributed by atoms with Crippen molar-refractivity contribution in [3.8, 4) is 0 Å². The molecule has 0 aromatic heterocycles. The van der Waals surface area contributed by atoms with E-state index in [4.69, 9.17) is 14.2 Å². The molecule has 0 saturated carbocycles. The number of rotatable bonds is 62. The Hall–Kier alpha value is -3.41. The van der Waals surface area contributed by atoms with E-state index < -0.39 is 12.1 Å². The molecule has 0 aromatic rings. The van der Waals surface area contributed by atoms with E-state index in [-0.39, 0.29) is 31.6 Å². The van der Waals surface area contributed by atoms with E-state index in [9.17, 15) is 14.4 Å². The fraction of sp³-hybridized carbons (Fsp3) is 0.767. The van der Waals surface area contributed by atoms with Gasteiger partial charge in [-0.05, 0) is 77.0 Å². The van der Waals surface area contributed by atoms with E-state index in [0.29, 0.717) is 12.8 Å². The fourth-order valence-electron chi connectivity index (χ4n) is 9.84. The monoisotopic (exact) mass is 1100 g/mol. The summed E-state index contributed by atoms with van der Waals surface area (Å²) in [5, 5.41) is 0. The van der Waals surface area contributed by atoms with Gasteiger partial charge >= 0.3 is 17.9 Å². The molecule has 0 saturated heterocycles. The quantitative estimate of drug-likeness (QED) is 0.0261. The number of unbranched alkanes of at least 4 members (excludes halogenated alkanes) is 38. The molecule has 6 heteroatoms. The molecule has 0 N–H and O–H groups in total. The molecule has 0 fully saturated rings. The molecule has 0 amide bonds. The molecule has 0 aliphatic carbocycles. The first-order chi connectivity index (χ1) is 39.0. The summed E-state index contributed by atoms with van der Waals surface area (Å²) < 4.78 is 16.8. The molecule has 1 unspecified atom stereocenters. The average molecular weight is 1100 g/mol. The molecule has 0 radical (unpaired) electrons. The van der Waals surface area contributed by atoms with Crippen LogP contribution in [0.4, 0.5) is 0 Å². The molecule has 0 rings (SSSR count). The molecular formula is C73H128O6. The largest absolute Gasteiger partial charge is 0.462 e. The predicted molar refractivity (Wildman–Crippen MR) is 344 cm³/mol. The summed E-state index contributed by atoms with van der Waals surface area (Å²) in [6.45, 7) is 6.46. The maximum atomic E-state index is 12.9. The minimum absolute atomic E-state index is 0.105. The fourth-order valence-corrected chi connectivity index (χ4v) is 9.84. The van der Waals surface area contributed by atoms with Crippen molar-refractivity contribution in [2.75, 3.05) is 13.2 Å². The SMILES string of the molecule is CC/C=C\C/C=C\C/C=C\C/C=C\C/C=C\CC(=O)OCC(COC(=O)CCCCCCCCCCCCCCCCCCCCCCCCCCCCC)OC(=O)CCCCCCCCCCC/C=C\C/C=C\CCCCC. The first-order valence-corrected chi connectivity index (χ1v) is 34.1. The molecule has 79 heavy (non-hydrogen) atoms. The van der Waals surface area contributed by atoms with Gasteiger partial charge in [-0.1, -0.05) is 331 Å². The zero-order valence-corrected chi connectivity index (χ0v) is 52.4. The summed E-state index contributed by atoms with van der Waals surface area (Å²) in [4.78, 5) is 38.3. The maximum Gasteiger partial charge on any atom is 0.309 e. The van der Waals surface area contributed by atoms with E-state index in [0.717, 1.165) is 77.0 Å². The second kappa shape index (κ2) is 67.1. The Balaban J connectivity index is 4.32. The number of hydrogen-bond donors (Lipinski definition) is 0. The van der Waals surface area contributed by atoms with Crippen LogP contribution < -0.4 is 0 Å². The van der Waals surface area contributed by atoms with Crippen LogP contribution in [0, 0.1) is 0 Å². The van der Waals surface area contributed by atoms with Gasteiger partial charge < -0.3 is 14.2 Å². The molecular weight excluding hydrogens is 973 g/mol. The smallest absolute Gasteiger partial charge is 0.309 e.